The highest BCUT2D eigenvalue weighted by Crippen LogP contribution is 2.44. The summed E-state index contributed by atoms with van der Waals surface area (Å²) >= 11 is 0. The molecular weight excluding hydrogens is 358 g/mol. The standard InChI is InChI=1S/C16H17F4N3O3/c17-14(18)25-11-2-1-10(7-12(11)26-15(19)20)16(8-21)5-3-9(4-6-16)13(24)23-22/h1-2,7,9,14-15H,3-6,22H2,(H,23,24)/t9-,16-. The fourth-order valence-corrected chi connectivity index (χ4v) is 3.14. The monoisotopic (exact) mass is 375 g/mol. The molecule has 2 rings (SSSR count). The molecule has 0 bridgehead atoms. The summed E-state index contributed by atoms with van der Waals surface area (Å²) < 4.78 is 58.4. The minimum Gasteiger partial charge on any atom is -0.431 e. The third-order valence-corrected chi connectivity index (χ3v) is 4.49. The average molecular weight is 375 g/mol. The van der Waals surface area contributed by atoms with E-state index in [0.717, 1.165) is 12.1 Å². The van der Waals surface area contributed by atoms with Crippen molar-refractivity contribution in [3.63, 3.8) is 0 Å². The Morgan fingerprint density at radius 2 is 1.77 bits per heavy atom. The number of halogens is 4. The van der Waals surface area contributed by atoms with E-state index in [-0.39, 0.29) is 24.7 Å². The summed E-state index contributed by atoms with van der Waals surface area (Å²) in [4.78, 5) is 11.6. The fourth-order valence-electron chi connectivity index (χ4n) is 3.14. The topological polar surface area (TPSA) is 97.4 Å². The molecule has 142 valence electrons. The first-order chi connectivity index (χ1) is 12.3. The van der Waals surface area contributed by atoms with Gasteiger partial charge in [-0.25, -0.2) is 5.84 Å². The van der Waals surface area contributed by atoms with Crippen LogP contribution in [0.5, 0.6) is 11.5 Å². The lowest BCUT2D eigenvalue weighted by Gasteiger charge is -2.34. The number of hydrazine groups is 1. The molecule has 1 aromatic rings. The number of rotatable bonds is 6. The highest BCUT2D eigenvalue weighted by Gasteiger charge is 2.39. The number of carbonyl (C=O) groups is 1. The largest absolute Gasteiger partial charge is 0.431 e. The Hall–Kier alpha value is -2.54. The van der Waals surface area contributed by atoms with Crippen LogP contribution in [0.3, 0.4) is 0 Å². The maximum Gasteiger partial charge on any atom is 0.387 e. The van der Waals surface area contributed by atoms with Gasteiger partial charge >= 0.3 is 13.2 Å². The van der Waals surface area contributed by atoms with Crippen molar-refractivity contribution >= 4 is 5.91 Å². The number of nitrogens with zero attached hydrogens (tertiary/aromatic N) is 1. The van der Waals surface area contributed by atoms with Gasteiger partial charge in [-0.1, -0.05) is 6.07 Å². The van der Waals surface area contributed by atoms with E-state index in [0.29, 0.717) is 18.4 Å². The van der Waals surface area contributed by atoms with Crippen LogP contribution in [-0.2, 0) is 10.2 Å². The molecule has 0 atom stereocenters. The summed E-state index contributed by atoms with van der Waals surface area (Å²) in [6, 6.07) is 5.69. The number of nitrogens with two attached hydrogens (primary N) is 1. The van der Waals surface area contributed by atoms with Crippen LogP contribution in [0.4, 0.5) is 17.6 Å². The van der Waals surface area contributed by atoms with Crippen LogP contribution in [0.15, 0.2) is 18.2 Å². The number of ether oxygens (including phenoxy) is 2. The van der Waals surface area contributed by atoms with Crippen LogP contribution < -0.4 is 20.7 Å². The van der Waals surface area contributed by atoms with Crippen molar-refractivity contribution in [2.75, 3.05) is 0 Å². The zero-order valence-electron chi connectivity index (χ0n) is 13.6. The van der Waals surface area contributed by atoms with E-state index >= 15 is 0 Å². The number of amides is 1. The Kier molecular flexibility index (Phi) is 6.26. The molecule has 26 heavy (non-hydrogen) atoms. The third kappa shape index (κ3) is 4.35. The Labute approximate surface area is 146 Å². The second-order valence-electron chi connectivity index (χ2n) is 5.90. The number of benzene rings is 1. The molecule has 1 amide bonds. The van der Waals surface area contributed by atoms with Crippen LogP contribution in [0.25, 0.3) is 0 Å². The summed E-state index contributed by atoms with van der Waals surface area (Å²) in [7, 11) is 0. The highest BCUT2D eigenvalue weighted by molar-refractivity contribution is 5.78. The van der Waals surface area contributed by atoms with Gasteiger partial charge in [-0.2, -0.15) is 22.8 Å². The summed E-state index contributed by atoms with van der Waals surface area (Å²) in [6.07, 6.45) is 1.31. The molecule has 10 heteroatoms. The fraction of sp³-hybridized carbons (Fsp3) is 0.500. The first-order valence-electron chi connectivity index (χ1n) is 7.77. The molecule has 0 saturated heterocycles. The Morgan fingerprint density at radius 1 is 1.19 bits per heavy atom. The van der Waals surface area contributed by atoms with E-state index in [4.69, 9.17) is 5.84 Å². The van der Waals surface area contributed by atoms with Crippen molar-refractivity contribution in [2.24, 2.45) is 11.8 Å². The Balaban J connectivity index is 2.31. The first-order valence-corrected chi connectivity index (χ1v) is 7.77. The Bertz CT molecular complexity index is 686. The molecule has 0 radical (unpaired) electrons. The first kappa shape index (κ1) is 19.8. The molecule has 1 saturated carbocycles. The van der Waals surface area contributed by atoms with Crippen molar-refractivity contribution in [1.82, 2.24) is 5.43 Å². The molecule has 1 aromatic carbocycles. The SMILES string of the molecule is N#C[C@]1(c2ccc(OC(F)F)c(OC(F)F)c2)CC[C@H](C(=O)NN)CC1. The zero-order chi connectivity index (χ0) is 19.3. The predicted molar refractivity (Wildman–Crippen MR) is 81.3 cm³/mol. The Morgan fingerprint density at radius 3 is 2.27 bits per heavy atom. The average Bonchev–Trinajstić information content (AvgIpc) is 2.61. The summed E-state index contributed by atoms with van der Waals surface area (Å²) in [5, 5.41) is 9.65. The number of nitrogens with one attached hydrogen (secondary N) is 1. The van der Waals surface area contributed by atoms with E-state index in [1.54, 1.807) is 0 Å². The minimum absolute atomic E-state index is 0.282. The van der Waals surface area contributed by atoms with Crippen LogP contribution in [0.2, 0.25) is 0 Å². The highest BCUT2D eigenvalue weighted by atomic mass is 19.3. The minimum atomic E-state index is -3.24. The molecule has 0 unspecified atom stereocenters. The van der Waals surface area contributed by atoms with Gasteiger partial charge in [0.25, 0.3) is 0 Å². The number of hydrogen-bond acceptors (Lipinski definition) is 5. The van der Waals surface area contributed by atoms with Crippen molar-refractivity contribution < 1.29 is 31.8 Å². The van der Waals surface area contributed by atoms with E-state index in [1.807, 2.05) is 0 Å². The van der Waals surface area contributed by atoms with E-state index in [9.17, 15) is 27.6 Å². The number of nitriles is 1. The van der Waals surface area contributed by atoms with Crippen LogP contribution >= 0.6 is 0 Å². The lowest BCUT2D eigenvalue weighted by molar-refractivity contribution is -0.126. The van der Waals surface area contributed by atoms with Gasteiger partial charge in [0, 0.05) is 5.92 Å². The third-order valence-electron chi connectivity index (χ3n) is 4.49. The van der Waals surface area contributed by atoms with Gasteiger partial charge in [0.15, 0.2) is 11.5 Å². The van der Waals surface area contributed by atoms with E-state index < -0.39 is 30.1 Å². The molecule has 1 aliphatic carbocycles. The molecule has 0 heterocycles. The van der Waals surface area contributed by atoms with E-state index in [1.165, 1.54) is 6.07 Å². The zero-order valence-corrected chi connectivity index (χ0v) is 13.6. The predicted octanol–water partition coefficient (Wildman–Crippen LogP) is 2.83. The lowest BCUT2D eigenvalue weighted by atomic mass is 9.67. The number of alkyl halides is 4. The van der Waals surface area contributed by atoms with Crippen LogP contribution in [0.1, 0.15) is 31.2 Å². The maximum atomic E-state index is 12.6. The van der Waals surface area contributed by atoms with Crippen LogP contribution in [-0.4, -0.2) is 19.1 Å². The van der Waals surface area contributed by atoms with Crippen LogP contribution in [0, 0.1) is 17.2 Å². The summed E-state index contributed by atoms with van der Waals surface area (Å²) in [6.45, 7) is -6.46. The van der Waals surface area contributed by atoms with Crippen molar-refractivity contribution in [2.45, 2.75) is 44.3 Å². The molecule has 6 nitrogen and oxygen atoms in total. The van der Waals surface area contributed by atoms with Gasteiger partial charge in [0.2, 0.25) is 5.91 Å². The molecule has 1 aliphatic rings. The number of carbonyl (C=O) groups excluding carboxylic acids is 1. The summed E-state index contributed by atoms with van der Waals surface area (Å²) in [5.41, 5.74) is 1.35. The van der Waals surface area contributed by atoms with E-state index in [2.05, 4.69) is 21.0 Å². The van der Waals surface area contributed by atoms with Gasteiger partial charge in [-0.05, 0) is 43.4 Å². The van der Waals surface area contributed by atoms with Crippen molar-refractivity contribution in [3.05, 3.63) is 23.8 Å². The smallest absolute Gasteiger partial charge is 0.387 e. The van der Waals surface area contributed by atoms with Crippen molar-refractivity contribution in [1.29, 1.82) is 5.26 Å². The molecular formula is C16H17F4N3O3. The van der Waals surface area contributed by atoms with Gasteiger partial charge in [0.05, 0.1) is 11.5 Å². The molecule has 0 spiro atoms. The quantitative estimate of drug-likeness (QED) is 0.345. The molecule has 0 aromatic heterocycles. The molecule has 0 aliphatic heterocycles. The summed E-state index contributed by atoms with van der Waals surface area (Å²) in [5.74, 6) is 3.30. The van der Waals surface area contributed by atoms with Gasteiger partial charge in [0.1, 0.15) is 0 Å². The number of hydrogen-bond donors (Lipinski definition) is 2. The second kappa shape index (κ2) is 8.23. The lowest BCUT2D eigenvalue weighted by Crippen LogP contribution is -2.40. The normalized spacial score (nSPS) is 22.8. The van der Waals surface area contributed by atoms with Gasteiger partial charge < -0.3 is 9.47 Å². The van der Waals surface area contributed by atoms with Gasteiger partial charge in [-0.3, -0.25) is 10.2 Å². The van der Waals surface area contributed by atoms with Crippen molar-refractivity contribution in [3.8, 4) is 17.6 Å². The maximum absolute atomic E-state index is 12.6. The van der Waals surface area contributed by atoms with Gasteiger partial charge in [-0.15, -0.1) is 0 Å². The molecule has 3 N–H and O–H groups in total. The molecule has 1 fully saturated rings. The second-order valence-corrected chi connectivity index (χ2v) is 5.90.